The van der Waals surface area contributed by atoms with Gasteiger partial charge in [-0.2, -0.15) is 0 Å². The molecular formula is C15H24N2S. The van der Waals surface area contributed by atoms with Crippen molar-refractivity contribution in [1.29, 1.82) is 0 Å². The summed E-state index contributed by atoms with van der Waals surface area (Å²) in [4.78, 5) is 4.32. The standard InChI is InChI=1S/C15H24N2S/c1-11-2-3-12(9-16)14(8-11)17-6-4-15-13(10-17)5-7-18-15/h5,7,11-12,14H,2-4,6,8-10,16H2,1H3. The Kier molecular flexibility index (Phi) is 3.73. The maximum atomic E-state index is 6.00. The van der Waals surface area contributed by atoms with Gasteiger partial charge in [-0.25, -0.2) is 0 Å². The summed E-state index contributed by atoms with van der Waals surface area (Å²) in [7, 11) is 0. The molecule has 1 aromatic heterocycles. The zero-order valence-electron chi connectivity index (χ0n) is 11.3. The maximum Gasteiger partial charge on any atom is 0.0247 e. The third-order valence-corrected chi connectivity index (χ3v) is 5.85. The van der Waals surface area contributed by atoms with E-state index in [1.807, 2.05) is 11.3 Å². The molecule has 0 radical (unpaired) electrons. The normalized spacial score (nSPS) is 33.3. The fourth-order valence-corrected chi connectivity index (χ4v) is 4.58. The molecule has 3 heteroatoms. The SMILES string of the molecule is CC1CCC(CN)C(N2CCc3sccc3C2)C1. The Hall–Kier alpha value is -0.380. The molecule has 2 N–H and O–H groups in total. The van der Waals surface area contributed by atoms with Gasteiger partial charge in [-0.3, -0.25) is 4.90 Å². The number of nitrogens with two attached hydrogens (primary N) is 1. The van der Waals surface area contributed by atoms with E-state index in [0.717, 1.165) is 31.0 Å². The molecule has 2 heterocycles. The summed E-state index contributed by atoms with van der Waals surface area (Å²) in [5.41, 5.74) is 7.57. The molecule has 3 rings (SSSR count). The molecule has 18 heavy (non-hydrogen) atoms. The molecule has 2 nitrogen and oxygen atoms in total. The average molecular weight is 264 g/mol. The van der Waals surface area contributed by atoms with Crippen molar-refractivity contribution in [2.45, 2.75) is 45.2 Å². The zero-order valence-corrected chi connectivity index (χ0v) is 12.1. The van der Waals surface area contributed by atoms with E-state index >= 15 is 0 Å². The number of nitrogens with zero attached hydrogens (tertiary/aromatic N) is 1. The van der Waals surface area contributed by atoms with Crippen molar-refractivity contribution in [2.24, 2.45) is 17.6 Å². The van der Waals surface area contributed by atoms with E-state index in [-0.39, 0.29) is 0 Å². The highest BCUT2D eigenvalue weighted by atomic mass is 32.1. The first-order chi connectivity index (χ1) is 8.78. The molecular weight excluding hydrogens is 240 g/mol. The summed E-state index contributed by atoms with van der Waals surface area (Å²) in [5.74, 6) is 1.60. The van der Waals surface area contributed by atoms with Gasteiger partial charge in [0.25, 0.3) is 0 Å². The molecule has 1 aromatic rings. The molecule has 3 unspecified atom stereocenters. The molecule has 1 aliphatic heterocycles. The Labute approximate surface area is 114 Å². The van der Waals surface area contributed by atoms with Gasteiger partial charge in [0.05, 0.1) is 0 Å². The lowest BCUT2D eigenvalue weighted by Crippen LogP contribution is -2.48. The topological polar surface area (TPSA) is 29.3 Å². The Morgan fingerprint density at radius 1 is 1.44 bits per heavy atom. The fourth-order valence-electron chi connectivity index (χ4n) is 3.69. The molecule has 0 aromatic carbocycles. The number of rotatable bonds is 2. The third kappa shape index (κ3) is 2.36. The Bertz CT molecular complexity index is 401. The minimum absolute atomic E-state index is 0.724. The molecule has 1 saturated carbocycles. The van der Waals surface area contributed by atoms with Crippen LogP contribution in [-0.2, 0) is 13.0 Å². The minimum atomic E-state index is 0.724. The first kappa shape index (κ1) is 12.6. The minimum Gasteiger partial charge on any atom is -0.330 e. The molecule has 3 atom stereocenters. The summed E-state index contributed by atoms with van der Waals surface area (Å²) in [6.07, 6.45) is 5.29. The van der Waals surface area contributed by atoms with Gasteiger partial charge in [-0.15, -0.1) is 11.3 Å². The Balaban J connectivity index is 1.74. The van der Waals surface area contributed by atoms with Crippen molar-refractivity contribution in [2.75, 3.05) is 13.1 Å². The second kappa shape index (κ2) is 5.32. The van der Waals surface area contributed by atoms with Gasteiger partial charge in [-0.1, -0.05) is 13.3 Å². The molecule has 1 fully saturated rings. The molecule has 0 spiro atoms. The van der Waals surface area contributed by atoms with Gasteiger partial charge in [0.15, 0.2) is 0 Å². The van der Waals surface area contributed by atoms with Crippen LogP contribution in [0.3, 0.4) is 0 Å². The van der Waals surface area contributed by atoms with E-state index in [4.69, 9.17) is 5.73 Å². The van der Waals surface area contributed by atoms with Crippen molar-refractivity contribution in [3.05, 3.63) is 21.9 Å². The van der Waals surface area contributed by atoms with E-state index in [2.05, 4.69) is 23.3 Å². The molecule has 2 aliphatic rings. The van der Waals surface area contributed by atoms with Gasteiger partial charge < -0.3 is 5.73 Å². The van der Waals surface area contributed by atoms with Gasteiger partial charge in [0, 0.05) is 24.0 Å². The van der Waals surface area contributed by atoms with E-state index in [1.54, 1.807) is 10.4 Å². The lowest BCUT2D eigenvalue weighted by molar-refractivity contribution is 0.0756. The van der Waals surface area contributed by atoms with Crippen LogP contribution < -0.4 is 5.73 Å². The van der Waals surface area contributed by atoms with Crippen molar-refractivity contribution in [1.82, 2.24) is 4.90 Å². The summed E-state index contributed by atoms with van der Waals surface area (Å²) in [6.45, 7) is 5.66. The summed E-state index contributed by atoms with van der Waals surface area (Å²) < 4.78 is 0. The highest BCUT2D eigenvalue weighted by molar-refractivity contribution is 7.10. The summed E-state index contributed by atoms with van der Waals surface area (Å²) in [6, 6.07) is 3.04. The number of fused-ring (bicyclic) bond motifs is 1. The molecule has 0 amide bonds. The van der Waals surface area contributed by atoms with Gasteiger partial charge in [0.1, 0.15) is 0 Å². The summed E-state index contributed by atoms with van der Waals surface area (Å²) in [5, 5.41) is 2.25. The molecule has 0 bridgehead atoms. The molecule has 0 saturated heterocycles. The maximum absolute atomic E-state index is 6.00. The van der Waals surface area contributed by atoms with Crippen LogP contribution in [0.1, 0.15) is 36.6 Å². The van der Waals surface area contributed by atoms with Gasteiger partial charge in [0.2, 0.25) is 0 Å². The van der Waals surface area contributed by atoms with Crippen molar-refractivity contribution in [3.8, 4) is 0 Å². The predicted molar refractivity (Wildman–Crippen MR) is 77.8 cm³/mol. The predicted octanol–water partition coefficient (Wildman–Crippen LogP) is 2.87. The number of thiophene rings is 1. The number of hydrogen-bond donors (Lipinski definition) is 1. The fraction of sp³-hybridized carbons (Fsp3) is 0.733. The highest BCUT2D eigenvalue weighted by Gasteiger charge is 2.33. The van der Waals surface area contributed by atoms with Gasteiger partial charge in [-0.05, 0) is 54.7 Å². The smallest absolute Gasteiger partial charge is 0.0247 e. The van der Waals surface area contributed by atoms with Crippen LogP contribution in [0.4, 0.5) is 0 Å². The molecule has 100 valence electrons. The second-order valence-corrected chi connectivity index (χ2v) is 7.07. The van der Waals surface area contributed by atoms with Gasteiger partial charge >= 0.3 is 0 Å². The quantitative estimate of drug-likeness (QED) is 0.890. The van der Waals surface area contributed by atoms with E-state index < -0.39 is 0 Å². The third-order valence-electron chi connectivity index (χ3n) is 4.83. The van der Waals surface area contributed by atoms with E-state index in [0.29, 0.717) is 0 Å². The second-order valence-electron chi connectivity index (χ2n) is 6.07. The van der Waals surface area contributed by atoms with Crippen molar-refractivity contribution >= 4 is 11.3 Å². The van der Waals surface area contributed by atoms with E-state index in [9.17, 15) is 0 Å². The Morgan fingerprint density at radius 2 is 2.33 bits per heavy atom. The van der Waals surface area contributed by atoms with Crippen LogP contribution in [0.25, 0.3) is 0 Å². The first-order valence-electron chi connectivity index (χ1n) is 7.27. The van der Waals surface area contributed by atoms with Crippen LogP contribution in [0.5, 0.6) is 0 Å². The van der Waals surface area contributed by atoms with Crippen LogP contribution in [0.15, 0.2) is 11.4 Å². The highest BCUT2D eigenvalue weighted by Crippen LogP contribution is 2.35. The monoisotopic (exact) mass is 264 g/mol. The lowest BCUT2D eigenvalue weighted by Gasteiger charge is -2.43. The van der Waals surface area contributed by atoms with Crippen molar-refractivity contribution in [3.63, 3.8) is 0 Å². The largest absolute Gasteiger partial charge is 0.330 e. The average Bonchev–Trinajstić information content (AvgIpc) is 2.85. The lowest BCUT2D eigenvalue weighted by atomic mass is 9.78. The molecule has 1 aliphatic carbocycles. The zero-order chi connectivity index (χ0) is 12.5. The van der Waals surface area contributed by atoms with E-state index in [1.165, 1.54) is 32.2 Å². The summed E-state index contributed by atoms with van der Waals surface area (Å²) >= 11 is 1.93. The first-order valence-corrected chi connectivity index (χ1v) is 8.15. The van der Waals surface area contributed by atoms with Crippen LogP contribution in [0, 0.1) is 11.8 Å². The van der Waals surface area contributed by atoms with Crippen LogP contribution in [0.2, 0.25) is 0 Å². The Morgan fingerprint density at radius 3 is 3.17 bits per heavy atom. The van der Waals surface area contributed by atoms with Crippen LogP contribution in [-0.4, -0.2) is 24.0 Å². The number of hydrogen-bond acceptors (Lipinski definition) is 3. The van der Waals surface area contributed by atoms with Crippen LogP contribution >= 0.6 is 11.3 Å². The van der Waals surface area contributed by atoms with Crippen molar-refractivity contribution < 1.29 is 0 Å².